The van der Waals surface area contributed by atoms with E-state index in [9.17, 15) is 9.59 Å². The van der Waals surface area contributed by atoms with Crippen molar-refractivity contribution in [1.29, 1.82) is 0 Å². The second kappa shape index (κ2) is 7.45. The van der Waals surface area contributed by atoms with Crippen molar-refractivity contribution >= 4 is 27.9 Å². The minimum Gasteiger partial charge on any atom is -0.481 e. The third kappa shape index (κ3) is 6.62. The molecule has 2 amide bonds. The lowest BCUT2D eigenvalue weighted by Crippen LogP contribution is -2.49. The first-order valence-corrected chi connectivity index (χ1v) is 7.55. The molecule has 0 spiro atoms. The molecule has 0 aromatic heterocycles. The van der Waals surface area contributed by atoms with Gasteiger partial charge in [0.15, 0.2) is 0 Å². The quantitative estimate of drug-likeness (QED) is 0.730. The predicted molar refractivity (Wildman–Crippen MR) is 85.2 cm³/mol. The number of halogens is 1. The van der Waals surface area contributed by atoms with Crippen molar-refractivity contribution < 1.29 is 14.7 Å². The third-order valence-corrected chi connectivity index (χ3v) is 3.61. The van der Waals surface area contributed by atoms with Crippen LogP contribution >= 0.6 is 15.9 Å². The Bertz CT molecular complexity index is 517. The van der Waals surface area contributed by atoms with Gasteiger partial charge < -0.3 is 15.7 Å². The second-order valence-corrected chi connectivity index (χ2v) is 6.57. The summed E-state index contributed by atoms with van der Waals surface area (Å²) in [5, 5.41) is 14.3. The molecule has 1 aromatic carbocycles. The zero-order chi connectivity index (χ0) is 16.0. The summed E-state index contributed by atoms with van der Waals surface area (Å²) in [7, 11) is 0. The molecule has 1 atom stereocenters. The van der Waals surface area contributed by atoms with Crippen molar-refractivity contribution in [3.8, 4) is 0 Å². The van der Waals surface area contributed by atoms with Gasteiger partial charge in [0.2, 0.25) is 0 Å². The summed E-state index contributed by atoms with van der Waals surface area (Å²) in [5.74, 6) is -0.868. The average Bonchev–Trinajstić information content (AvgIpc) is 2.35. The fourth-order valence-electron chi connectivity index (χ4n) is 1.88. The van der Waals surface area contributed by atoms with Gasteiger partial charge in [-0.25, -0.2) is 4.79 Å². The van der Waals surface area contributed by atoms with Gasteiger partial charge >= 0.3 is 12.0 Å². The Balaban J connectivity index is 2.54. The molecule has 0 bridgehead atoms. The van der Waals surface area contributed by atoms with Gasteiger partial charge in [0, 0.05) is 16.4 Å². The number of urea groups is 1. The van der Waals surface area contributed by atoms with Crippen LogP contribution in [0.2, 0.25) is 0 Å². The first-order valence-electron chi connectivity index (χ1n) is 6.75. The Morgan fingerprint density at radius 2 is 2.05 bits per heavy atom. The number of carbonyl (C=O) groups is 2. The Morgan fingerprint density at radius 1 is 1.38 bits per heavy atom. The van der Waals surface area contributed by atoms with Gasteiger partial charge in [-0.1, -0.05) is 28.1 Å². The van der Waals surface area contributed by atoms with Crippen LogP contribution < -0.4 is 10.6 Å². The monoisotopic (exact) mass is 356 g/mol. The summed E-state index contributed by atoms with van der Waals surface area (Å²) >= 11 is 3.40. The topological polar surface area (TPSA) is 78.4 Å². The van der Waals surface area contributed by atoms with E-state index in [0.29, 0.717) is 6.42 Å². The molecular formula is C15H21BrN2O3. The zero-order valence-electron chi connectivity index (χ0n) is 12.4. The number of benzene rings is 1. The standard InChI is InChI=1S/C15H21BrN2O3/c1-10(11-5-4-6-12(16)9-11)17-14(21)18-15(2,3)8-7-13(19)20/h4-6,9-10H,7-8H2,1-3H3,(H,19,20)(H2,17,18,21). The van der Waals surface area contributed by atoms with Crippen molar-refractivity contribution in [3.63, 3.8) is 0 Å². The van der Waals surface area contributed by atoms with Gasteiger partial charge in [0.25, 0.3) is 0 Å². The summed E-state index contributed by atoms with van der Waals surface area (Å²) in [4.78, 5) is 22.6. The fourth-order valence-corrected chi connectivity index (χ4v) is 2.30. The molecule has 1 unspecified atom stereocenters. The molecule has 0 aliphatic carbocycles. The number of nitrogens with one attached hydrogen (secondary N) is 2. The van der Waals surface area contributed by atoms with Crippen molar-refractivity contribution in [2.45, 2.75) is 45.2 Å². The van der Waals surface area contributed by atoms with Crippen molar-refractivity contribution in [2.24, 2.45) is 0 Å². The van der Waals surface area contributed by atoms with Gasteiger partial charge in [0.05, 0.1) is 6.04 Å². The molecule has 0 radical (unpaired) electrons. The highest BCUT2D eigenvalue weighted by Gasteiger charge is 2.22. The van der Waals surface area contributed by atoms with Gasteiger partial charge in [-0.05, 0) is 44.9 Å². The molecule has 0 saturated carbocycles. The Kier molecular flexibility index (Phi) is 6.20. The highest BCUT2D eigenvalue weighted by Crippen LogP contribution is 2.18. The maximum Gasteiger partial charge on any atom is 0.315 e. The van der Waals surface area contributed by atoms with Crippen LogP contribution in [0, 0.1) is 0 Å². The molecule has 0 aliphatic rings. The molecule has 116 valence electrons. The summed E-state index contributed by atoms with van der Waals surface area (Å²) in [5.41, 5.74) is 0.419. The summed E-state index contributed by atoms with van der Waals surface area (Å²) < 4.78 is 0.954. The number of carboxylic acid groups (broad SMARTS) is 1. The Hall–Kier alpha value is -1.56. The molecule has 6 heteroatoms. The maximum absolute atomic E-state index is 12.0. The molecule has 0 heterocycles. The minimum absolute atomic E-state index is 0.0223. The number of amides is 2. The maximum atomic E-state index is 12.0. The summed E-state index contributed by atoms with van der Waals surface area (Å²) in [6.45, 7) is 5.50. The largest absolute Gasteiger partial charge is 0.481 e. The number of hydrogen-bond acceptors (Lipinski definition) is 2. The van der Waals surface area contributed by atoms with Crippen molar-refractivity contribution in [1.82, 2.24) is 10.6 Å². The van der Waals surface area contributed by atoms with Crippen LogP contribution in [0.5, 0.6) is 0 Å². The van der Waals surface area contributed by atoms with E-state index in [4.69, 9.17) is 5.11 Å². The van der Waals surface area contributed by atoms with Crippen molar-refractivity contribution in [3.05, 3.63) is 34.3 Å². The van der Waals surface area contributed by atoms with Crippen molar-refractivity contribution in [2.75, 3.05) is 0 Å². The van der Waals surface area contributed by atoms with Gasteiger partial charge in [0.1, 0.15) is 0 Å². The zero-order valence-corrected chi connectivity index (χ0v) is 14.0. The predicted octanol–water partition coefficient (Wildman–Crippen LogP) is 3.45. The Labute approximate surface area is 133 Å². The highest BCUT2D eigenvalue weighted by atomic mass is 79.9. The minimum atomic E-state index is -0.868. The number of rotatable bonds is 6. The SMILES string of the molecule is CC(NC(=O)NC(C)(C)CCC(=O)O)c1cccc(Br)c1. The lowest BCUT2D eigenvalue weighted by molar-refractivity contribution is -0.137. The molecule has 5 nitrogen and oxygen atoms in total. The highest BCUT2D eigenvalue weighted by molar-refractivity contribution is 9.10. The van der Waals surface area contributed by atoms with Gasteiger partial charge in [-0.15, -0.1) is 0 Å². The lowest BCUT2D eigenvalue weighted by atomic mass is 9.99. The molecule has 0 aliphatic heterocycles. The molecule has 0 fully saturated rings. The molecule has 0 saturated heterocycles. The number of aliphatic carboxylic acids is 1. The van der Waals surface area contributed by atoms with E-state index in [1.807, 2.05) is 31.2 Å². The summed E-state index contributed by atoms with van der Waals surface area (Å²) in [6, 6.07) is 7.26. The van der Waals surface area contributed by atoms with E-state index in [-0.39, 0.29) is 18.5 Å². The smallest absolute Gasteiger partial charge is 0.315 e. The Morgan fingerprint density at radius 3 is 2.62 bits per heavy atom. The molecule has 1 aromatic rings. The van der Waals surface area contributed by atoms with Crippen LogP contribution in [0.1, 0.15) is 45.2 Å². The van der Waals surface area contributed by atoms with Crippen LogP contribution in [0.15, 0.2) is 28.7 Å². The molecule has 21 heavy (non-hydrogen) atoms. The number of carboxylic acids is 1. The number of carbonyl (C=O) groups excluding carboxylic acids is 1. The third-order valence-electron chi connectivity index (χ3n) is 3.11. The molecule has 3 N–H and O–H groups in total. The average molecular weight is 357 g/mol. The number of hydrogen-bond donors (Lipinski definition) is 3. The second-order valence-electron chi connectivity index (χ2n) is 5.65. The van der Waals surface area contributed by atoms with Crippen LogP contribution in [0.3, 0.4) is 0 Å². The lowest BCUT2D eigenvalue weighted by Gasteiger charge is -2.27. The van der Waals surface area contributed by atoms with Crippen LogP contribution in [0.25, 0.3) is 0 Å². The fraction of sp³-hybridized carbons (Fsp3) is 0.467. The summed E-state index contributed by atoms with van der Waals surface area (Å²) in [6.07, 6.45) is 0.398. The molecular weight excluding hydrogens is 336 g/mol. The van der Waals surface area contributed by atoms with E-state index in [1.54, 1.807) is 13.8 Å². The van der Waals surface area contributed by atoms with E-state index < -0.39 is 11.5 Å². The van der Waals surface area contributed by atoms with Crippen LogP contribution in [0.4, 0.5) is 4.79 Å². The van der Waals surface area contributed by atoms with Crippen LogP contribution in [-0.4, -0.2) is 22.6 Å². The molecule has 1 rings (SSSR count). The van der Waals surface area contributed by atoms with Gasteiger partial charge in [-0.3, -0.25) is 4.79 Å². The normalized spacial score (nSPS) is 12.6. The van der Waals surface area contributed by atoms with E-state index >= 15 is 0 Å². The first-order chi connectivity index (χ1) is 9.69. The van der Waals surface area contributed by atoms with E-state index in [2.05, 4.69) is 26.6 Å². The van der Waals surface area contributed by atoms with E-state index in [0.717, 1.165) is 10.0 Å². The first kappa shape index (κ1) is 17.5. The van der Waals surface area contributed by atoms with Crippen LogP contribution in [-0.2, 0) is 4.79 Å². The van der Waals surface area contributed by atoms with E-state index in [1.165, 1.54) is 0 Å². The van der Waals surface area contributed by atoms with Gasteiger partial charge in [-0.2, -0.15) is 0 Å².